The van der Waals surface area contributed by atoms with E-state index in [0.29, 0.717) is 12.1 Å². The van der Waals surface area contributed by atoms with E-state index in [9.17, 15) is 4.79 Å². The Labute approximate surface area is 141 Å². The standard InChI is InChI=1S/C15H20N6O.ClH/c1-15(6-8-16-9-7-15)10-17-14(22)12-2-4-13(5-3-12)21-11-18-19-20-21;/h2-5,11,16H,6-10H2,1H3,(H,17,22);1H. The summed E-state index contributed by atoms with van der Waals surface area (Å²) in [6.45, 7) is 4.98. The summed E-state index contributed by atoms with van der Waals surface area (Å²) >= 11 is 0. The van der Waals surface area contributed by atoms with Gasteiger partial charge in [-0.1, -0.05) is 6.92 Å². The Hall–Kier alpha value is -1.99. The van der Waals surface area contributed by atoms with Crippen LogP contribution in [-0.4, -0.2) is 45.7 Å². The maximum atomic E-state index is 12.3. The first-order chi connectivity index (χ1) is 10.7. The van der Waals surface area contributed by atoms with Crippen molar-refractivity contribution in [3.63, 3.8) is 0 Å². The summed E-state index contributed by atoms with van der Waals surface area (Å²) < 4.78 is 1.55. The average molecular weight is 337 g/mol. The lowest BCUT2D eigenvalue weighted by Crippen LogP contribution is -2.42. The largest absolute Gasteiger partial charge is 0.351 e. The van der Waals surface area contributed by atoms with Gasteiger partial charge in [0, 0.05) is 12.1 Å². The Balaban J connectivity index is 0.00000192. The number of carbonyl (C=O) groups excluding carboxylic acids is 1. The minimum atomic E-state index is -0.0389. The van der Waals surface area contributed by atoms with Gasteiger partial charge in [-0.15, -0.1) is 17.5 Å². The predicted molar refractivity (Wildman–Crippen MR) is 88.9 cm³/mol. The van der Waals surface area contributed by atoms with E-state index in [2.05, 4.69) is 33.1 Å². The van der Waals surface area contributed by atoms with Crippen molar-refractivity contribution in [2.24, 2.45) is 5.41 Å². The number of amides is 1. The Bertz CT molecular complexity index is 622. The summed E-state index contributed by atoms with van der Waals surface area (Å²) in [6, 6.07) is 7.24. The van der Waals surface area contributed by atoms with Gasteiger partial charge in [0.1, 0.15) is 6.33 Å². The first-order valence-corrected chi connectivity index (χ1v) is 7.49. The van der Waals surface area contributed by atoms with E-state index in [1.807, 2.05) is 12.1 Å². The topological polar surface area (TPSA) is 84.7 Å². The second kappa shape index (κ2) is 7.52. The third-order valence-corrected chi connectivity index (χ3v) is 4.23. The number of hydrogen-bond donors (Lipinski definition) is 2. The van der Waals surface area contributed by atoms with Crippen LogP contribution in [0.15, 0.2) is 30.6 Å². The summed E-state index contributed by atoms with van der Waals surface area (Å²) in [5.41, 5.74) is 1.66. The zero-order chi connectivity index (χ0) is 15.4. The Morgan fingerprint density at radius 2 is 2.00 bits per heavy atom. The van der Waals surface area contributed by atoms with Crippen LogP contribution in [0.5, 0.6) is 0 Å². The molecule has 0 atom stereocenters. The molecule has 1 fully saturated rings. The number of tetrazole rings is 1. The number of carbonyl (C=O) groups is 1. The molecule has 0 bridgehead atoms. The molecule has 1 amide bonds. The molecule has 0 saturated carbocycles. The highest BCUT2D eigenvalue weighted by Gasteiger charge is 2.27. The van der Waals surface area contributed by atoms with Crippen LogP contribution < -0.4 is 10.6 Å². The minimum Gasteiger partial charge on any atom is -0.351 e. The van der Waals surface area contributed by atoms with Gasteiger partial charge in [0.15, 0.2) is 0 Å². The number of aromatic nitrogens is 4. The molecule has 0 spiro atoms. The van der Waals surface area contributed by atoms with Crippen molar-refractivity contribution >= 4 is 18.3 Å². The summed E-state index contributed by atoms with van der Waals surface area (Å²) in [5.74, 6) is -0.0389. The molecule has 1 aromatic carbocycles. The van der Waals surface area contributed by atoms with Crippen molar-refractivity contribution in [2.75, 3.05) is 19.6 Å². The number of nitrogens with zero attached hydrogens (tertiary/aromatic N) is 4. The number of benzene rings is 1. The molecule has 23 heavy (non-hydrogen) atoms. The highest BCUT2D eigenvalue weighted by atomic mass is 35.5. The van der Waals surface area contributed by atoms with Gasteiger partial charge < -0.3 is 10.6 Å². The van der Waals surface area contributed by atoms with Gasteiger partial charge in [0.05, 0.1) is 5.69 Å². The highest BCUT2D eigenvalue weighted by Crippen LogP contribution is 2.26. The molecule has 1 aliphatic heterocycles. The molecule has 0 radical (unpaired) electrons. The van der Waals surface area contributed by atoms with Crippen molar-refractivity contribution < 1.29 is 4.79 Å². The van der Waals surface area contributed by atoms with E-state index in [-0.39, 0.29) is 23.7 Å². The second-order valence-electron chi connectivity index (χ2n) is 6.04. The van der Waals surface area contributed by atoms with Gasteiger partial charge in [-0.25, -0.2) is 4.68 Å². The van der Waals surface area contributed by atoms with E-state index in [1.54, 1.807) is 16.8 Å². The van der Waals surface area contributed by atoms with Crippen molar-refractivity contribution in [1.82, 2.24) is 30.8 Å². The van der Waals surface area contributed by atoms with Crippen molar-refractivity contribution in [3.8, 4) is 5.69 Å². The number of hydrogen-bond acceptors (Lipinski definition) is 5. The third-order valence-electron chi connectivity index (χ3n) is 4.23. The second-order valence-corrected chi connectivity index (χ2v) is 6.04. The van der Waals surface area contributed by atoms with Crippen LogP contribution in [0.4, 0.5) is 0 Å². The van der Waals surface area contributed by atoms with Crippen molar-refractivity contribution in [3.05, 3.63) is 36.2 Å². The maximum absolute atomic E-state index is 12.3. The predicted octanol–water partition coefficient (Wildman–Crippen LogP) is 1.20. The molecular weight excluding hydrogens is 316 g/mol. The fourth-order valence-electron chi connectivity index (χ4n) is 2.65. The van der Waals surface area contributed by atoms with Crippen LogP contribution in [0.25, 0.3) is 5.69 Å². The fourth-order valence-corrected chi connectivity index (χ4v) is 2.65. The molecule has 2 N–H and O–H groups in total. The van der Waals surface area contributed by atoms with E-state index < -0.39 is 0 Å². The van der Waals surface area contributed by atoms with Crippen LogP contribution >= 0.6 is 12.4 Å². The summed E-state index contributed by atoms with van der Waals surface area (Å²) in [4.78, 5) is 12.3. The van der Waals surface area contributed by atoms with Crippen molar-refractivity contribution in [1.29, 1.82) is 0 Å². The van der Waals surface area contributed by atoms with Crippen LogP contribution in [0, 0.1) is 5.41 Å². The molecule has 0 aliphatic carbocycles. The number of halogens is 1. The summed E-state index contributed by atoms with van der Waals surface area (Å²) in [5, 5.41) is 17.4. The van der Waals surface area contributed by atoms with Gasteiger partial charge >= 0.3 is 0 Å². The molecule has 8 heteroatoms. The first kappa shape index (κ1) is 17.4. The van der Waals surface area contributed by atoms with Gasteiger partial charge in [-0.3, -0.25) is 4.79 Å². The van der Waals surface area contributed by atoms with Crippen LogP contribution in [0.3, 0.4) is 0 Å². The summed E-state index contributed by atoms with van der Waals surface area (Å²) in [6.07, 6.45) is 3.70. The average Bonchev–Trinajstić information content (AvgIpc) is 3.08. The van der Waals surface area contributed by atoms with E-state index in [4.69, 9.17) is 0 Å². The highest BCUT2D eigenvalue weighted by molar-refractivity contribution is 5.94. The molecule has 1 saturated heterocycles. The lowest BCUT2D eigenvalue weighted by atomic mass is 9.81. The van der Waals surface area contributed by atoms with Crippen LogP contribution in [0.1, 0.15) is 30.1 Å². The number of nitrogens with one attached hydrogen (secondary N) is 2. The Kier molecular flexibility index (Phi) is 5.68. The maximum Gasteiger partial charge on any atom is 0.251 e. The lowest BCUT2D eigenvalue weighted by Gasteiger charge is -2.34. The zero-order valence-electron chi connectivity index (χ0n) is 13.0. The normalized spacial score (nSPS) is 16.4. The molecule has 2 aromatic rings. The van der Waals surface area contributed by atoms with Gasteiger partial charge in [0.25, 0.3) is 5.91 Å². The molecule has 3 rings (SSSR count). The smallest absolute Gasteiger partial charge is 0.251 e. The van der Waals surface area contributed by atoms with E-state index in [1.165, 1.54) is 6.33 Å². The monoisotopic (exact) mass is 336 g/mol. The number of piperidine rings is 1. The Morgan fingerprint density at radius 1 is 1.30 bits per heavy atom. The van der Waals surface area contributed by atoms with Gasteiger partial charge in [-0.05, 0) is 66.0 Å². The first-order valence-electron chi connectivity index (χ1n) is 7.49. The third kappa shape index (κ3) is 4.27. The SMILES string of the molecule is CC1(CNC(=O)c2ccc(-n3cnnn3)cc2)CCNCC1.Cl. The van der Waals surface area contributed by atoms with Crippen molar-refractivity contribution in [2.45, 2.75) is 19.8 Å². The zero-order valence-corrected chi connectivity index (χ0v) is 13.8. The molecule has 7 nitrogen and oxygen atoms in total. The Morgan fingerprint density at radius 3 is 2.61 bits per heavy atom. The molecule has 1 aliphatic rings. The fraction of sp³-hybridized carbons (Fsp3) is 0.467. The quantitative estimate of drug-likeness (QED) is 0.876. The molecular formula is C15H21ClN6O. The number of rotatable bonds is 4. The van der Waals surface area contributed by atoms with Gasteiger partial charge in [0.2, 0.25) is 0 Å². The van der Waals surface area contributed by atoms with Gasteiger partial charge in [-0.2, -0.15) is 0 Å². The molecule has 0 unspecified atom stereocenters. The van der Waals surface area contributed by atoms with Crippen LogP contribution in [-0.2, 0) is 0 Å². The molecule has 2 heterocycles. The van der Waals surface area contributed by atoms with E-state index >= 15 is 0 Å². The summed E-state index contributed by atoms with van der Waals surface area (Å²) in [7, 11) is 0. The molecule has 1 aromatic heterocycles. The molecule has 124 valence electrons. The van der Waals surface area contributed by atoms with E-state index in [0.717, 1.165) is 31.6 Å². The lowest BCUT2D eigenvalue weighted by molar-refractivity contribution is 0.0922. The van der Waals surface area contributed by atoms with Crippen LogP contribution in [0.2, 0.25) is 0 Å². The minimum absolute atomic E-state index is 0.